The largest absolute Gasteiger partial charge is 0.0885 e. The summed E-state index contributed by atoms with van der Waals surface area (Å²) >= 11 is 0. The number of hydrogen-bond acceptors (Lipinski definition) is 0. The van der Waals surface area contributed by atoms with Crippen LogP contribution in [-0.4, -0.2) is 0 Å². The minimum Gasteiger partial charge on any atom is -0.0885 e. The number of rotatable bonds is 5. The van der Waals surface area contributed by atoms with E-state index >= 15 is 0 Å². The molecule has 0 spiro atoms. The van der Waals surface area contributed by atoms with E-state index in [4.69, 9.17) is 0 Å². The summed E-state index contributed by atoms with van der Waals surface area (Å²) in [4.78, 5) is 0. The average Bonchev–Trinajstić information content (AvgIpc) is 1.87. The first-order chi connectivity index (χ1) is 4.77. The van der Waals surface area contributed by atoms with Gasteiger partial charge in [-0.1, -0.05) is 39.3 Å². The first-order valence-electron chi connectivity index (χ1n) is 4.21. The summed E-state index contributed by atoms with van der Waals surface area (Å²) in [5, 5.41) is 0. The monoisotopic (exact) mass is 139 g/mol. The van der Waals surface area contributed by atoms with Crippen LogP contribution in [0.4, 0.5) is 0 Å². The highest BCUT2D eigenvalue weighted by molar-refractivity contribution is 4.82. The van der Waals surface area contributed by atoms with Crippen LogP contribution in [0.5, 0.6) is 0 Å². The van der Waals surface area contributed by atoms with Gasteiger partial charge in [0.05, 0.1) is 0 Å². The van der Waals surface area contributed by atoms with E-state index in [0.29, 0.717) is 0 Å². The molecule has 0 amide bonds. The molecule has 0 bridgehead atoms. The topological polar surface area (TPSA) is 0 Å². The number of allylic oxidation sites excluding steroid dienone is 2. The average molecular weight is 139 g/mol. The fraction of sp³-hybridized carbons (Fsp3) is 0.700. The van der Waals surface area contributed by atoms with E-state index in [9.17, 15) is 0 Å². The van der Waals surface area contributed by atoms with Gasteiger partial charge in [-0.25, -0.2) is 0 Å². The zero-order chi connectivity index (χ0) is 7.82. The Morgan fingerprint density at radius 2 is 2.00 bits per heavy atom. The highest BCUT2D eigenvalue weighted by Crippen LogP contribution is 2.02. The summed E-state index contributed by atoms with van der Waals surface area (Å²) in [5.74, 6) is 0.802. The van der Waals surface area contributed by atoms with Crippen molar-refractivity contribution in [1.82, 2.24) is 0 Å². The van der Waals surface area contributed by atoms with Crippen LogP contribution in [0.25, 0.3) is 0 Å². The molecule has 0 aliphatic heterocycles. The summed E-state index contributed by atoms with van der Waals surface area (Å²) < 4.78 is 0. The fourth-order valence-corrected chi connectivity index (χ4v) is 0.748. The predicted octanol–water partition coefficient (Wildman–Crippen LogP) is 3.59. The summed E-state index contributed by atoms with van der Waals surface area (Å²) in [6, 6.07) is 0. The van der Waals surface area contributed by atoms with Gasteiger partial charge in [-0.05, 0) is 25.2 Å². The Morgan fingerprint density at radius 1 is 1.30 bits per heavy atom. The van der Waals surface area contributed by atoms with Gasteiger partial charge >= 0.3 is 0 Å². The molecule has 0 aliphatic rings. The van der Waals surface area contributed by atoms with Gasteiger partial charge in [0.25, 0.3) is 0 Å². The lowest BCUT2D eigenvalue weighted by Crippen LogP contribution is -1.80. The second-order valence-corrected chi connectivity index (χ2v) is 3.10. The highest BCUT2D eigenvalue weighted by Gasteiger charge is 1.86. The molecule has 0 fully saturated rings. The molecule has 10 heavy (non-hydrogen) atoms. The molecule has 0 heterocycles. The molecule has 0 saturated heterocycles. The molecule has 0 atom stereocenters. The van der Waals surface area contributed by atoms with E-state index in [1.807, 2.05) is 0 Å². The van der Waals surface area contributed by atoms with Crippen molar-refractivity contribution in [1.29, 1.82) is 0 Å². The first kappa shape index (κ1) is 9.74. The quantitative estimate of drug-likeness (QED) is 0.403. The smallest absolute Gasteiger partial charge is 0.0327 e. The van der Waals surface area contributed by atoms with Crippen LogP contribution < -0.4 is 0 Å². The van der Waals surface area contributed by atoms with E-state index in [-0.39, 0.29) is 0 Å². The van der Waals surface area contributed by atoms with Crippen LogP contribution >= 0.6 is 0 Å². The molecular formula is C10H19. The van der Waals surface area contributed by atoms with Gasteiger partial charge in [-0.15, -0.1) is 0 Å². The minimum atomic E-state index is 0.802. The van der Waals surface area contributed by atoms with E-state index in [2.05, 4.69) is 32.9 Å². The highest BCUT2D eigenvalue weighted by atomic mass is 13.9. The third kappa shape index (κ3) is 7.74. The summed E-state index contributed by atoms with van der Waals surface area (Å²) in [7, 11) is 0. The lowest BCUT2D eigenvalue weighted by molar-refractivity contribution is 0.661. The maximum absolute atomic E-state index is 3.78. The normalized spacial score (nSPS) is 11.6. The Bertz CT molecular complexity index is 80.0. The minimum absolute atomic E-state index is 0.802. The van der Waals surface area contributed by atoms with E-state index in [1.54, 1.807) is 0 Å². The van der Waals surface area contributed by atoms with E-state index < -0.39 is 0 Å². The van der Waals surface area contributed by atoms with Crippen molar-refractivity contribution < 1.29 is 0 Å². The van der Waals surface area contributed by atoms with Gasteiger partial charge in [-0.3, -0.25) is 0 Å². The Balaban J connectivity index is 3.04. The molecule has 0 unspecified atom stereocenters. The molecule has 0 heteroatoms. The van der Waals surface area contributed by atoms with Gasteiger partial charge in [0.15, 0.2) is 0 Å². The molecule has 1 radical (unpaired) electrons. The van der Waals surface area contributed by atoms with Crippen molar-refractivity contribution in [2.24, 2.45) is 5.92 Å². The molecule has 0 aromatic rings. The standard InChI is InChI=1S/C10H19/c1-4-5-6-7-8-9-10(2)3/h7-8,10H,1,4-6,9H2,2-3H3. The SMILES string of the molecule is [CH2]CCCC=CCC(C)C. The van der Waals surface area contributed by atoms with Gasteiger partial charge in [0.2, 0.25) is 0 Å². The zero-order valence-corrected chi connectivity index (χ0v) is 7.27. The second kappa shape index (κ2) is 6.85. The lowest BCUT2D eigenvalue weighted by Gasteiger charge is -1.95. The van der Waals surface area contributed by atoms with Crippen molar-refractivity contribution >= 4 is 0 Å². The summed E-state index contributed by atoms with van der Waals surface area (Å²) in [5.41, 5.74) is 0. The Hall–Kier alpha value is -0.260. The fourth-order valence-electron chi connectivity index (χ4n) is 0.748. The lowest BCUT2D eigenvalue weighted by atomic mass is 10.1. The number of unbranched alkanes of at least 4 members (excludes halogenated alkanes) is 2. The van der Waals surface area contributed by atoms with Gasteiger partial charge in [0.1, 0.15) is 0 Å². The third-order valence-electron chi connectivity index (χ3n) is 1.39. The Morgan fingerprint density at radius 3 is 2.50 bits per heavy atom. The van der Waals surface area contributed by atoms with Gasteiger partial charge in [0, 0.05) is 0 Å². The molecule has 0 N–H and O–H groups in total. The molecule has 0 aromatic heterocycles. The van der Waals surface area contributed by atoms with Crippen LogP contribution in [0.3, 0.4) is 0 Å². The molecule has 59 valence electrons. The molecule has 0 nitrogen and oxygen atoms in total. The molecule has 0 aliphatic carbocycles. The van der Waals surface area contributed by atoms with E-state index in [1.165, 1.54) is 19.3 Å². The van der Waals surface area contributed by atoms with Crippen molar-refractivity contribution in [3.05, 3.63) is 19.1 Å². The first-order valence-corrected chi connectivity index (χ1v) is 4.21. The van der Waals surface area contributed by atoms with Crippen molar-refractivity contribution in [3.8, 4) is 0 Å². The van der Waals surface area contributed by atoms with Crippen LogP contribution in [0.1, 0.15) is 39.5 Å². The van der Waals surface area contributed by atoms with Crippen molar-refractivity contribution in [3.63, 3.8) is 0 Å². The summed E-state index contributed by atoms with van der Waals surface area (Å²) in [6.07, 6.45) is 9.26. The summed E-state index contributed by atoms with van der Waals surface area (Å²) in [6.45, 7) is 8.27. The number of hydrogen-bond donors (Lipinski definition) is 0. The second-order valence-electron chi connectivity index (χ2n) is 3.10. The molecule has 0 aromatic carbocycles. The maximum atomic E-state index is 3.78. The van der Waals surface area contributed by atoms with Crippen LogP contribution in [0, 0.1) is 12.8 Å². The van der Waals surface area contributed by atoms with Crippen LogP contribution in [0.2, 0.25) is 0 Å². The van der Waals surface area contributed by atoms with Crippen molar-refractivity contribution in [2.45, 2.75) is 39.5 Å². The predicted molar refractivity (Wildman–Crippen MR) is 47.8 cm³/mol. The molecule has 0 rings (SSSR count). The molecule has 0 saturated carbocycles. The molecular weight excluding hydrogens is 120 g/mol. The van der Waals surface area contributed by atoms with Gasteiger partial charge in [-0.2, -0.15) is 0 Å². The van der Waals surface area contributed by atoms with Gasteiger partial charge < -0.3 is 0 Å². The maximum Gasteiger partial charge on any atom is -0.0327 e. The van der Waals surface area contributed by atoms with Crippen molar-refractivity contribution in [2.75, 3.05) is 0 Å². The zero-order valence-electron chi connectivity index (χ0n) is 7.27. The Kier molecular flexibility index (Phi) is 6.68. The third-order valence-corrected chi connectivity index (χ3v) is 1.39. The van der Waals surface area contributed by atoms with Crippen LogP contribution in [-0.2, 0) is 0 Å². The van der Waals surface area contributed by atoms with E-state index in [0.717, 1.165) is 12.3 Å². The van der Waals surface area contributed by atoms with Crippen LogP contribution in [0.15, 0.2) is 12.2 Å². The Labute approximate surface area is 65.3 Å².